The molecule has 1 atom stereocenters. The first-order chi connectivity index (χ1) is 13.1. The summed E-state index contributed by atoms with van der Waals surface area (Å²) >= 11 is 0. The molecule has 1 heterocycles. The van der Waals surface area contributed by atoms with Gasteiger partial charge in [0.15, 0.2) is 6.10 Å². The molecule has 0 saturated heterocycles. The van der Waals surface area contributed by atoms with E-state index < -0.39 is 33.8 Å². The molecule has 10 heteroatoms. The molecular weight excluding hydrogens is 397 g/mol. The maximum atomic E-state index is 12.8. The van der Waals surface area contributed by atoms with Crippen LogP contribution in [0.1, 0.15) is 12.0 Å². The van der Waals surface area contributed by atoms with Gasteiger partial charge in [-0.1, -0.05) is 18.2 Å². The fourth-order valence-electron chi connectivity index (χ4n) is 2.86. The lowest BCUT2D eigenvalue weighted by Crippen LogP contribution is -2.36. The molecule has 0 aromatic heterocycles. The molecule has 0 fully saturated rings. The third kappa shape index (κ3) is 4.38. The van der Waals surface area contributed by atoms with Crippen LogP contribution in [-0.4, -0.2) is 33.2 Å². The Morgan fingerprint density at radius 1 is 1.18 bits per heavy atom. The number of carbonyl (C=O) groups is 1. The molecule has 3 rings (SSSR count). The zero-order valence-corrected chi connectivity index (χ0v) is 15.5. The van der Waals surface area contributed by atoms with E-state index in [0.717, 1.165) is 22.7 Å². The largest absolute Gasteiger partial charge is 0.478 e. The first kappa shape index (κ1) is 20.0. The van der Waals surface area contributed by atoms with Crippen LogP contribution in [0.3, 0.4) is 0 Å². The van der Waals surface area contributed by atoms with Gasteiger partial charge in [-0.3, -0.25) is 9.10 Å². The Morgan fingerprint density at radius 3 is 2.57 bits per heavy atom. The van der Waals surface area contributed by atoms with E-state index in [1.807, 2.05) is 0 Å². The monoisotopic (exact) mass is 414 g/mol. The first-order valence-corrected chi connectivity index (χ1v) is 10.1. The van der Waals surface area contributed by atoms with E-state index in [-0.39, 0.29) is 24.4 Å². The van der Waals surface area contributed by atoms with Gasteiger partial charge < -0.3 is 10.1 Å². The molecule has 0 bridgehead atoms. The molecule has 2 aromatic rings. The Balaban J connectivity index is 1.83. The summed E-state index contributed by atoms with van der Waals surface area (Å²) in [6.45, 7) is -0.00345. The summed E-state index contributed by atoms with van der Waals surface area (Å²) in [6.07, 6.45) is -4.52. The minimum atomic E-state index is -4.53. The Bertz CT molecular complexity index is 992. The number of rotatable bonds is 3. The van der Waals surface area contributed by atoms with Crippen LogP contribution in [0.25, 0.3) is 0 Å². The standard InChI is InChI=1S/C18H17F3N2O4S/c1-28(25,26)23-10-9-16(27-15-8-3-2-7-14(15)23)17(24)22-13-6-4-5-12(11-13)18(19,20)21/h2-8,11,16H,9-10H2,1H3,(H,22,24)/t16-/m0/s1. The molecule has 0 saturated carbocycles. The average molecular weight is 414 g/mol. The van der Waals surface area contributed by atoms with Crippen LogP contribution in [0.4, 0.5) is 24.5 Å². The number of hydrogen-bond donors (Lipinski definition) is 1. The van der Waals surface area contributed by atoms with Crippen molar-refractivity contribution in [2.75, 3.05) is 22.4 Å². The molecule has 2 aromatic carbocycles. The van der Waals surface area contributed by atoms with Crippen molar-refractivity contribution in [2.45, 2.75) is 18.7 Å². The van der Waals surface area contributed by atoms with E-state index >= 15 is 0 Å². The minimum absolute atomic E-state index is 0.00345. The van der Waals surface area contributed by atoms with Gasteiger partial charge in [-0.2, -0.15) is 13.2 Å². The molecule has 150 valence electrons. The van der Waals surface area contributed by atoms with Gasteiger partial charge in [0.25, 0.3) is 5.91 Å². The third-order valence-corrected chi connectivity index (χ3v) is 5.33. The van der Waals surface area contributed by atoms with Gasteiger partial charge in [0.05, 0.1) is 17.5 Å². The van der Waals surface area contributed by atoms with Gasteiger partial charge in [0.1, 0.15) is 5.75 Å². The normalized spacial score (nSPS) is 17.3. The van der Waals surface area contributed by atoms with Crippen molar-refractivity contribution in [1.82, 2.24) is 0 Å². The van der Waals surface area contributed by atoms with E-state index in [2.05, 4.69) is 5.32 Å². The zero-order valence-electron chi connectivity index (χ0n) is 14.7. The van der Waals surface area contributed by atoms with Crippen molar-refractivity contribution < 1.29 is 31.1 Å². The lowest BCUT2D eigenvalue weighted by Gasteiger charge is -2.20. The molecule has 0 spiro atoms. The second-order valence-corrected chi connectivity index (χ2v) is 8.17. The second kappa shape index (κ2) is 7.34. The smallest absolute Gasteiger partial charge is 0.416 e. The minimum Gasteiger partial charge on any atom is -0.478 e. The van der Waals surface area contributed by atoms with Crippen LogP contribution in [0.2, 0.25) is 0 Å². The molecule has 1 N–H and O–H groups in total. The molecule has 1 amide bonds. The Labute approximate surface area is 160 Å². The highest BCUT2D eigenvalue weighted by Crippen LogP contribution is 2.34. The number of halogens is 3. The van der Waals surface area contributed by atoms with Crippen molar-refractivity contribution >= 4 is 27.3 Å². The number of benzene rings is 2. The van der Waals surface area contributed by atoms with Crippen molar-refractivity contribution in [2.24, 2.45) is 0 Å². The van der Waals surface area contributed by atoms with E-state index in [4.69, 9.17) is 4.74 Å². The maximum absolute atomic E-state index is 12.8. The van der Waals surface area contributed by atoms with Gasteiger partial charge in [0.2, 0.25) is 10.0 Å². The van der Waals surface area contributed by atoms with E-state index in [0.29, 0.717) is 5.69 Å². The fraction of sp³-hybridized carbons (Fsp3) is 0.278. The highest BCUT2D eigenvalue weighted by Gasteiger charge is 2.32. The molecular formula is C18H17F3N2O4S. The lowest BCUT2D eigenvalue weighted by atomic mass is 10.2. The van der Waals surface area contributed by atoms with Crippen LogP contribution >= 0.6 is 0 Å². The van der Waals surface area contributed by atoms with Crippen LogP contribution in [0.15, 0.2) is 48.5 Å². The highest BCUT2D eigenvalue weighted by molar-refractivity contribution is 7.92. The van der Waals surface area contributed by atoms with Gasteiger partial charge in [-0.15, -0.1) is 0 Å². The number of fused-ring (bicyclic) bond motifs is 1. The number of carbonyl (C=O) groups excluding carboxylic acids is 1. The predicted molar refractivity (Wildman–Crippen MR) is 97.7 cm³/mol. The number of nitrogens with zero attached hydrogens (tertiary/aromatic N) is 1. The summed E-state index contributed by atoms with van der Waals surface area (Å²) in [5.41, 5.74) is -0.610. The van der Waals surface area contributed by atoms with Crippen LogP contribution < -0.4 is 14.4 Å². The summed E-state index contributed by atoms with van der Waals surface area (Å²) in [6, 6.07) is 10.6. The number of nitrogens with one attached hydrogen (secondary N) is 1. The average Bonchev–Trinajstić information content (AvgIpc) is 2.80. The molecule has 1 aliphatic rings. The van der Waals surface area contributed by atoms with Crippen LogP contribution in [-0.2, 0) is 21.0 Å². The lowest BCUT2D eigenvalue weighted by molar-refractivity contribution is -0.137. The second-order valence-electron chi connectivity index (χ2n) is 6.27. The van der Waals surface area contributed by atoms with E-state index in [1.165, 1.54) is 18.2 Å². The SMILES string of the molecule is CS(=O)(=O)N1CC[C@@H](C(=O)Nc2cccc(C(F)(F)F)c2)Oc2ccccc21. The molecule has 0 aliphatic carbocycles. The topological polar surface area (TPSA) is 75.7 Å². The molecule has 1 aliphatic heterocycles. The number of amides is 1. The maximum Gasteiger partial charge on any atom is 0.416 e. The summed E-state index contributed by atoms with van der Waals surface area (Å²) in [4.78, 5) is 12.6. The molecule has 0 radical (unpaired) electrons. The molecule has 0 unspecified atom stereocenters. The van der Waals surface area contributed by atoms with Crippen molar-refractivity contribution in [3.05, 3.63) is 54.1 Å². The fourth-order valence-corrected chi connectivity index (χ4v) is 3.80. The summed E-state index contributed by atoms with van der Waals surface area (Å²) in [5, 5.41) is 2.40. The van der Waals surface area contributed by atoms with Gasteiger partial charge >= 0.3 is 6.18 Å². The van der Waals surface area contributed by atoms with Gasteiger partial charge in [-0.25, -0.2) is 8.42 Å². The van der Waals surface area contributed by atoms with Crippen LogP contribution in [0.5, 0.6) is 5.75 Å². The van der Waals surface area contributed by atoms with Crippen molar-refractivity contribution in [3.63, 3.8) is 0 Å². The zero-order chi connectivity index (χ0) is 20.5. The number of sulfonamides is 1. The Kier molecular flexibility index (Phi) is 5.24. The highest BCUT2D eigenvalue weighted by atomic mass is 32.2. The number of para-hydroxylation sites is 2. The van der Waals surface area contributed by atoms with Gasteiger partial charge in [-0.05, 0) is 30.3 Å². The third-order valence-electron chi connectivity index (χ3n) is 4.15. The molecule has 6 nitrogen and oxygen atoms in total. The number of ether oxygens (including phenoxy) is 1. The van der Waals surface area contributed by atoms with Crippen molar-refractivity contribution in [1.29, 1.82) is 0 Å². The van der Waals surface area contributed by atoms with Gasteiger partial charge in [0, 0.05) is 18.7 Å². The first-order valence-electron chi connectivity index (χ1n) is 8.27. The number of anilines is 2. The van der Waals surface area contributed by atoms with E-state index in [9.17, 15) is 26.4 Å². The van der Waals surface area contributed by atoms with E-state index in [1.54, 1.807) is 18.2 Å². The van der Waals surface area contributed by atoms with Crippen LogP contribution in [0, 0.1) is 0 Å². The predicted octanol–water partition coefficient (Wildman–Crippen LogP) is 3.26. The number of alkyl halides is 3. The molecule has 28 heavy (non-hydrogen) atoms. The quantitative estimate of drug-likeness (QED) is 0.837. The summed E-state index contributed by atoms with van der Waals surface area (Å²) < 4.78 is 69.4. The Morgan fingerprint density at radius 2 is 1.89 bits per heavy atom. The summed E-state index contributed by atoms with van der Waals surface area (Å²) in [5.74, 6) is -0.459. The number of hydrogen-bond acceptors (Lipinski definition) is 4. The van der Waals surface area contributed by atoms with Crippen molar-refractivity contribution in [3.8, 4) is 5.75 Å². The summed E-state index contributed by atoms with van der Waals surface area (Å²) in [7, 11) is -3.60. The Hall–Kier alpha value is -2.75.